The number of carbonyl (C=O) groups excluding carboxylic acids is 2. The Hall–Kier alpha value is -3.92. The maximum Gasteiger partial charge on any atom is 0.422 e. The summed E-state index contributed by atoms with van der Waals surface area (Å²) in [7, 11) is -2.70. The van der Waals surface area contributed by atoms with Gasteiger partial charge < -0.3 is 14.4 Å². The number of nitrogens with zero attached hydrogens (tertiary/aromatic N) is 2. The van der Waals surface area contributed by atoms with Gasteiger partial charge in [0.05, 0.1) is 16.9 Å². The van der Waals surface area contributed by atoms with Gasteiger partial charge in [0.25, 0.3) is 5.91 Å². The van der Waals surface area contributed by atoms with Crippen LogP contribution in [0, 0.1) is 6.92 Å². The van der Waals surface area contributed by atoms with Crippen molar-refractivity contribution in [3.8, 4) is 11.5 Å². The number of primary sulfonamides is 1. The SMILES string of the molecule is Cc1cc(CS(N)(=O)=O)ccc1N(C)C(=O)c1c(C=O)c(OCC(F)(F)F)c2ncccc2c1OCC(F)(F)F. The monoisotopic (exact) mass is 593 g/mol. The summed E-state index contributed by atoms with van der Waals surface area (Å²) in [5, 5.41) is 4.74. The van der Waals surface area contributed by atoms with E-state index in [2.05, 4.69) is 4.98 Å². The third kappa shape index (κ3) is 7.38. The number of aryl methyl sites for hydroxylation is 1. The number of alkyl halides is 6. The number of sulfonamides is 1. The standard InChI is InChI=1S/C24H21F6N3O6S/c1-13-8-14(10-40(31,36)37)5-6-17(13)33(2)22(35)18-16(9-34)21(39-12-24(28,29)30)19-15(4-3-7-32-19)20(18)38-11-23(25,26)27/h3-9H,10-12H2,1-2H3,(H2,31,36,37). The molecule has 0 bridgehead atoms. The number of pyridine rings is 1. The molecular formula is C24H21F6N3O6S. The molecule has 2 aromatic carbocycles. The average molecular weight is 594 g/mol. The lowest BCUT2D eigenvalue weighted by atomic mass is 9.99. The van der Waals surface area contributed by atoms with Crippen LogP contribution in [0.2, 0.25) is 0 Å². The highest BCUT2D eigenvalue weighted by Gasteiger charge is 2.35. The van der Waals surface area contributed by atoms with Crippen LogP contribution in [-0.2, 0) is 15.8 Å². The van der Waals surface area contributed by atoms with Crippen LogP contribution in [0.1, 0.15) is 31.8 Å². The molecule has 0 saturated carbocycles. The molecule has 0 radical (unpaired) electrons. The van der Waals surface area contributed by atoms with Crippen molar-refractivity contribution in [3.05, 3.63) is 58.8 Å². The number of rotatable bonds is 9. The van der Waals surface area contributed by atoms with Crippen molar-refractivity contribution in [2.24, 2.45) is 5.14 Å². The van der Waals surface area contributed by atoms with Crippen molar-refractivity contribution in [2.45, 2.75) is 25.0 Å². The molecule has 0 aliphatic carbocycles. The second-order valence-corrected chi connectivity index (χ2v) is 10.2. The van der Waals surface area contributed by atoms with E-state index in [4.69, 9.17) is 14.6 Å². The number of hydrogen-bond donors (Lipinski definition) is 1. The van der Waals surface area contributed by atoms with Crippen molar-refractivity contribution in [1.29, 1.82) is 0 Å². The lowest BCUT2D eigenvalue weighted by Crippen LogP contribution is -2.30. The topological polar surface area (TPSA) is 129 Å². The molecule has 2 N–H and O–H groups in total. The molecule has 3 aromatic rings. The molecule has 1 aromatic heterocycles. The first-order valence-corrected chi connectivity index (χ1v) is 12.8. The third-order valence-electron chi connectivity index (χ3n) is 5.40. The van der Waals surface area contributed by atoms with E-state index >= 15 is 0 Å². The quantitative estimate of drug-likeness (QED) is 0.289. The Morgan fingerprint density at radius 3 is 2.17 bits per heavy atom. The minimum atomic E-state index is -4.89. The number of fused-ring (bicyclic) bond motifs is 1. The van der Waals surface area contributed by atoms with Crippen LogP contribution in [0.3, 0.4) is 0 Å². The normalized spacial score (nSPS) is 12.3. The number of benzene rings is 2. The van der Waals surface area contributed by atoms with E-state index in [1.165, 1.54) is 38.2 Å². The number of anilines is 1. The minimum absolute atomic E-state index is 0.0383. The van der Waals surface area contributed by atoms with E-state index in [0.29, 0.717) is 5.56 Å². The Balaban J connectivity index is 2.25. The molecule has 3 rings (SSSR count). The first-order valence-electron chi connectivity index (χ1n) is 11.1. The van der Waals surface area contributed by atoms with Crippen LogP contribution in [0.25, 0.3) is 10.9 Å². The van der Waals surface area contributed by atoms with Crippen molar-refractivity contribution < 1.29 is 53.8 Å². The molecule has 0 atom stereocenters. The summed E-state index contributed by atoms with van der Waals surface area (Å²) in [6.07, 6.45) is -8.69. The predicted molar refractivity (Wildman–Crippen MR) is 131 cm³/mol. The number of hydrogen-bond acceptors (Lipinski definition) is 7. The molecular weight excluding hydrogens is 572 g/mol. The molecule has 216 valence electrons. The maximum atomic E-state index is 13.7. The van der Waals surface area contributed by atoms with Crippen LogP contribution >= 0.6 is 0 Å². The highest BCUT2D eigenvalue weighted by atomic mass is 32.2. The number of amides is 1. The fourth-order valence-electron chi connectivity index (χ4n) is 3.89. The van der Waals surface area contributed by atoms with Gasteiger partial charge >= 0.3 is 12.4 Å². The van der Waals surface area contributed by atoms with Gasteiger partial charge in [-0.05, 0) is 36.2 Å². The molecule has 1 heterocycles. The summed E-state index contributed by atoms with van der Waals surface area (Å²) in [6, 6.07) is 6.44. The van der Waals surface area contributed by atoms with Crippen molar-refractivity contribution in [3.63, 3.8) is 0 Å². The largest absolute Gasteiger partial charge is 0.483 e. The Morgan fingerprint density at radius 2 is 1.65 bits per heavy atom. The van der Waals surface area contributed by atoms with Gasteiger partial charge in [0.2, 0.25) is 10.0 Å². The molecule has 9 nitrogen and oxygen atoms in total. The zero-order valence-corrected chi connectivity index (χ0v) is 21.6. The van der Waals surface area contributed by atoms with Crippen LogP contribution in [0.15, 0.2) is 36.5 Å². The van der Waals surface area contributed by atoms with Crippen LogP contribution in [0.4, 0.5) is 32.0 Å². The first-order chi connectivity index (χ1) is 18.4. The number of nitrogens with two attached hydrogens (primary N) is 1. The summed E-state index contributed by atoms with van der Waals surface area (Å²) < 4.78 is 111. The summed E-state index contributed by atoms with van der Waals surface area (Å²) in [6.45, 7) is -2.30. The number of halogens is 6. The van der Waals surface area contributed by atoms with Gasteiger partial charge in [0.1, 0.15) is 11.3 Å². The Bertz CT molecular complexity index is 1560. The highest BCUT2D eigenvalue weighted by molar-refractivity contribution is 7.88. The van der Waals surface area contributed by atoms with E-state index in [9.17, 15) is 44.3 Å². The highest BCUT2D eigenvalue weighted by Crippen LogP contribution is 2.41. The van der Waals surface area contributed by atoms with E-state index in [1.807, 2.05) is 0 Å². The average Bonchev–Trinajstić information content (AvgIpc) is 2.82. The smallest absolute Gasteiger partial charge is 0.422 e. The lowest BCUT2D eigenvalue weighted by Gasteiger charge is -2.25. The molecule has 1 amide bonds. The Kier molecular flexibility index (Phi) is 8.64. The second-order valence-electron chi connectivity index (χ2n) is 8.56. The Morgan fingerprint density at radius 1 is 1.05 bits per heavy atom. The van der Waals surface area contributed by atoms with E-state index in [-0.39, 0.29) is 22.9 Å². The lowest BCUT2D eigenvalue weighted by molar-refractivity contribution is -0.154. The zero-order valence-electron chi connectivity index (χ0n) is 20.8. The summed E-state index contributed by atoms with van der Waals surface area (Å²) >= 11 is 0. The van der Waals surface area contributed by atoms with Gasteiger partial charge in [-0.3, -0.25) is 14.6 Å². The molecule has 0 saturated heterocycles. The molecule has 16 heteroatoms. The molecule has 0 unspecified atom stereocenters. The molecule has 0 spiro atoms. The molecule has 40 heavy (non-hydrogen) atoms. The van der Waals surface area contributed by atoms with Gasteiger partial charge in [0, 0.05) is 24.3 Å². The third-order valence-corrected chi connectivity index (χ3v) is 6.13. The van der Waals surface area contributed by atoms with Gasteiger partial charge in [-0.15, -0.1) is 0 Å². The van der Waals surface area contributed by atoms with Crippen molar-refractivity contribution in [1.82, 2.24) is 4.98 Å². The molecule has 0 aliphatic heterocycles. The van der Waals surface area contributed by atoms with Gasteiger partial charge in [-0.2, -0.15) is 26.3 Å². The minimum Gasteiger partial charge on any atom is -0.483 e. The van der Waals surface area contributed by atoms with Gasteiger partial charge in [0.15, 0.2) is 25.2 Å². The van der Waals surface area contributed by atoms with Gasteiger partial charge in [-0.25, -0.2) is 13.6 Å². The maximum absolute atomic E-state index is 13.7. The van der Waals surface area contributed by atoms with Crippen molar-refractivity contribution >= 4 is 38.8 Å². The number of carbonyl (C=O) groups is 2. The number of ether oxygens (including phenoxy) is 2. The summed E-state index contributed by atoms with van der Waals surface area (Å²) in [5.41, 5.74) is -1.31. The predicted octanol–water partition coefficient (Wildman–Crippen LogP) is 4.30. The van der Waals surface area contributed by atoms with E-state index in [0.717, 1.165) is 17.2 Å². The second kappa shape index (κ2) is 11.3. The number of aldehydes is 1. The number of aromatic nitrogens is 1. The summed E-state index contributed by atoms with van der Waals surface area (Å²) in [4.78, 5) is 30.7. The van der Waals surface area contributed by atoms with E-state index < -0.39 is 75.4 Å². The van der Waals surface area contributed by atoms with Crippen LogP contribution < -0.4 is 19.5 Å². The Labute approximate surface area is 223 Å². The van der Waals surface area contributed by atoms with Gasteiger partial charge in [-0.1, -0.05) is 12.1 Å². The fraction of sp³-hybridized carbons (Fsp3) is 0.292. The first kappa shape index (κ1) is 30.6. The van der Waals surface area contributed by atoms with Crippen molar-refractivity contribution in [2.75, 3.05) is 25.2 Å². The fourth-order valence-corrected chi connectivity index (χ4v) is 4.53. The zero-order chi connectivity index (χ0) is 30.0. The van der Waals surface area contributed by atoms with Crippen LogP contribution in [-0.4, -0.2) is 58.2 Å². The molecule has 0 fully saturated rings. The summed E-state index contributed by atoms with van der Waals surface area (Å²) in [5.74, 6) is -3.18. The van der Waals surface area contributed by atoms with E-state index in [1.54, 1.807) is 0 Å². The molecule has 0 aliphatic rings. The van der Waals surface area contributed by atoms with Crippen LogP contribution in [0.5, 0.6) is 11.5 Å².